The minimum atomic E-state index is -5.08. The summed E-state index contributed by atoms with van der Waals surface area (Å²) in [6.07, 6.45) is -5.08. The Morgan fingerprint density at radius 3 is 2.00 bits per heavy atom. The van der Waals surface area contributed by atoms with Gasteiger partial charge in [-0.2, -0.15) is 13.2 Å². The second-order valence-electron chi connectivity index (χ2n) is 2.80. The first-order valence-electron chi connectivity index (χ1n) is 4.47. The van der Waals surface area contributed by atoms with E-state index in [0.717, 1.165) is 0 Å². The van der Waals surface area contributed by atoms with Crippen molar-refractivity contribution < 1.29 is 32.7 Å². The zero-order valence-electron chi connectivity index (χ0n) is 9.19. The summed E-state index contributed by atoms with van der Waals surface area (Å²) in [6, 6.07) is 8.88. The third-order valence-electron chi connectivity index (χ3n) is 1.47. The summed E-state index contributed by atoms with van der Waals surface area (Å²) in [5.74, 6) is -2.99. The average Bonchev–Trinajstić information content (AvgIpc) is 2.30. The van der Waals surface area contributed by atoms with Crippen LogP contribution < -0.4 is 5.48 Å². The van der Waals surface area contributed by atoms with Crippen molar-refractivity contribution in [2.24, 2.45) is 0 Å². The minimum Gasteiger partial charge on any atom is -0.475 e. The predicted molar refractivity (Wildman–Crippen MR) is 54.6 cm³/mol. The number of alkyl halides is 3. The maximum atomic E-state index is 11.0. The number of carbonyl (C=O) groups is 2. The van der Waals surface area contributed by atoms with Gasteiger partial charge in [0.25, 0.3) is 5.91 Å². The molecule has 0 bridgehead atoms. The molecule has 2 N–H and O–H groups in total. The third-order valence-corrected chi connectivity index (χ3v) is 1.47. The van der Waals surface area contributed by atoms with Gasteiger partial charge in [-0.15, -0.1) is 0 Å². The number of rotatable bonds is 2. The maximum absolute atomic E-state index is 11.0. The first kappa shape index (κ1) is 15.9. The van der Waals surface area contributed by atoms with Crippen LogP contribution in [-0.2, 0) is 9.63 Å². The van der Waals surface area contributed by atoms with Crippen LogP contribution in [-0.4, -0.2) is 30.3 Å². The van der Waals surface area contributed by atoms with E-state index in [4.69, 9.17) is 9.90 Å². The van der Waals surface area contributed by atoms with Gasteiger partial charge in [0, 0.05) is 5.56 Å². The van der Waals surface area contributed by atoms with Crippen molar-refractivity contribution in [3.8, 4) is 0 Å². The van der Waals surface area contributed by atoms with Crippen LogP contribution in [0.1, 0.15) is 10.4 Å². The number of hydrogen-bond acceptors (Lipinski definition) is 3. The van der Waals surface area contributed by atoms with Crippen molar-refractivity contribution in [3.63, 3.8) is 0 Å². The highest BCUT2D eigenvalue weighted by molar-refractivity contribution is 5.93. The fraction of sp³-hybridized carbons (Fsp3) is 0.200. The maximum Gasteiger partial charge on any atom is 0.490 e. The molecule has 0 unspecified atom stereocenters. The van der Waals surface area contributed by atoms with E-state index in [-0.39, 0.29) is 5.91 Å². The van der Waals surface area contributed by atoms with Crippen molar-refractivity contribution in [1.82, 2.24) is 5.48 Å². The van der Waals surface area contributed by atoms with E-state index in [2.05, 4.69) is 10.3 Å². The lowest BCUT2D eigenvalue weighted by Crippen LogP contribution is -2.21. The van der Waals surface area contributed by atoms with Crippen LogP contribution in [0.4, 0.5) is 13.2 Å². The van der Waals surface area contributed by atoms with E-state index in [1.807, 2.05) is 6.07 Å². The summed E-state index contributed by atoms with van der Waals surface area (Å²) >= 11 is 0. The summed E-state index contributed by atoms with van der Waals surface area (Å²) in [7, 11) is 1.40. The number of benzene rings is 1. The Balaban J connectivity index is 0.000000360. The molecule has 0 aliphatic heterocycles. The molecular weight excluding hydrogens is 255 g/mol. The number of halogens is 3. The monoisotopic (exact) mass is 265 g/mol. The first-order chi connectivity index (χ1) is 8.29. The molecule has 0 atom stereocenters. The molecule has 1 amide bonds. The number of hydroxylamine groups is 1. The van der Waals surface area contributed by atoms with Crippen LogP contribution >= 0.6 is 0 Å². The van der Waals surface area contributed by atoms with Gasteiger partial charge in [0.1, 0.15) is 0 Å². The lowest BCUT2D eigenvalue weighted by Gasteiger charge is -1.99. The fourth-order valence-corrected chi connectivity index (χ4v) is 0.741. The van der Waals surface area contributed by atoms with Gasteiger partial charge in [-0.05, 0) is 12.1 Å². The van der Waals surface area contributed by atoms with E-state index >= 15 is 0 Å². The predicted octanol–water partition coefficient (Wildman–Crippen LogP) is 1.61. The van der Waals surface area contributed by atoms with E-state index < -0.39 is 12.1 Å². The topological polar surface area (TPSA) is 75.6 Å². The standard InChI is InChI=1S/C8H9NO2.C2HF3O2/c1-11-9-8(10)7-5-3-2-4-6-7;3-2(4,5)1(6)7/h2-6H,1H3,(H,9,10);(H,6,7). The number of carboxylic acid groups (broad SMARTS) is 1. The molecule has 1 rings (SSSR count). The lowest BCUT2D eigenvalue weighted by atomic mass is 10.2. The Kier molecular flexibility index (Phi) is 6.43. The van der Waals surface area contributed by atoms with Crippen LogP contribution in [0.25, 0.3) is 0 Å². The fourth-order valence-electron chi connectivity index (χ4n) is 0.741. The summed E-state index contributed by atoms with van der Waals surface area (Å²) in [4.78, 5) is 24.4. The van der Waals surface area contributed by atoms with Gasteiger partial charge in [-0.3, -0.25) is 9.63 Å². The number of carboxylic acids is 1. The van der Waals surface area contributed by atoms with E-state index in [0.29, 0.717) is 5.56 Å². The summed E-state index contributed by atoms with van der Waals surface area (Å²) < 4.78 is 31.7. The Morgan fingerprint density at radius 1 is 1.22 bits per heavy atom. The van der Waals surface area contributed by atoms with Gasteiger partial charge in [0.05, 0.1) is 7.11 Å². The van der Waals surface area contributed by atoms with Gasteiger partial charge < -0.3 is 5.11 Å². The molecular formula is C10H10F3NO4. The normalized spacial score (nSPS) is 10.0. The number of amides is 1. The molecule has 0 heterocycles. The molecule has 0 saturated carbocycles. The van der Waals surface area contributed by atoms with Crippen molar-refractivity contribution in [1.29, 1.82) is 0 Å². The molecule has 1 aromatic carbocycles. The van der Waals surface area contributed by atoms with Gasteiger partial charge in [0.15, 0.2) is 0 Å². The second-order valence-corrected chi connectivity index (χ2v) is 2.80. The van der Waals surface area contributed by atoms with Gasteiger partial charge in [0.2, 0.25) is 0 Å². The van der Waals surface area contributed by atoms with Crippen molar-refractivity contribution >= 4 is 11.9 Å². The minimum absolute atomic E-state index is 0.229. The molecule has 18 heavy (non-hydrogen) atoms. The Morgan fingerprint density at radius 2 is 1.67 bits per heavy atom. The molecule has 0 saturated heterocycles. The SMILES string of the molecule is CONC(=O)c1ccccc1.O=C(O)C(F)(F)F. The first-order valence-corrected chi connectivity index (χ1v) is 4.47. The van der Waals surface area contributed by atoms with Crippen molar-refractivity contribution in [2.75, 3.05) is 7.11 Å². The molecule has 100 valence electrons. The smallest absolute Gasteiger partial charge is 0.475 e. The molecule has 0 fully saturated rings. The van der Waals surface area contributed by atoms with Gasteiger partial charge in [-0.25, -0.2) is 10.3 Å². The van der Waals surface area contributed by atoms with Gasteiger partial charge in [-0.1, -0.05) is 18.2 Å². The number of carbonyl (C=O) groups excluding carboxylic acids is 1. The zero-order valence-corrected chi connectivity index (χ0v) is 9.19. The van der Waals surface area contributed by atoms with E-state index in [1.165, 1.54) is 7.11 Å². The van der Waals surface area contributed by atoms with Crippen LogP contribution in [0, 0.1) is 0 Å². The van der Waals surface area contributed by atoms with E-state index in [1.54, 1.807) is 24.3 Å². The van der Waals surface area contributed by atoms with Crippen molar-refractivity contribution in [3.05, 3.63) is 35.9 Å². The molecule has 0 aliphatic carbocycles. The summed E-state index contributed by atoms with van der Waals surface area (Å²) in [6.45, 7) is 0. The zero-order chi connectivity index (χ0) is 14.2. The largest absolute Gasteiger partial charge is 0.490 e. The Bertz CT molecular complexity index is 392. The highest BCUT2D eigenvalue weighted by Gasteiger charge is 2.38. The Hall–Kier alpha value is -2.09. The molecule has 0 aliphatic rings. The molecule has 0 spiro atoms. The highest BCUT2D eigenvalue weighted by atomic mass is 19.4. The second kappa shape index (κ2) is 7.28. The Labute approximate surface area is 100 Å². The highest BCUT2D eigenvalue weighted by Crippen LogP contribution is 2.13. The lowest BCUT2D eigenvalue weighted by molar-refractivity contribution is -0.192. The van der Waals surface area contributed by atoms with Crippen molar-refractivity contribution in [2.45, 2.75) is 6.18 Å². The number of hydrogen-bond donors (Lipinski definition) is 2. The average molecular weight is 265 g/mol. The summed E-state index contributed by atoms with van der Waals surface area (Å²) in [5.41, 5.74) is 2.81. The van der Waals surface area contributed by atoms with Crippen LogP contribution in [0.2, 0.25) is 0 Å². The quantitative estimate of drug-likeness (QED) is 0.796. The number of aliphatic carboxylic acids is 1. The van der Waals surface area contributed by atoms with Crippen LogP contribution in [0.3, 0.4) is 0 Å². The van der Waals surface area contributed by atoms with Crippen LogP contribution in [0.5, 0.6) is 0 Å². The molecule has 1 aromatic rings. The molecule has 0 aromatic heterocycles. The third kappa shape index (κ3) is 6.48. The molecule has 5 nitrogen and oxygen atoms in total. The molecule has 0 radical (unpaired) electrons. The summed E-state index contributed by atoms with van der Waals surface area (Å²) in [5, 5.41) is 7.12. The van der Waals surface area contributed by atoms with Crippen LogP contribution in [0.15, 0.2) is 30.3 Å². The van der Waals surface area contributed by atoms with Gasteiger partial charge >= 0.3 is 12.1 Å². The molecule has 8 heteroatoms. The number of nitrogens with one attached hydrogen (secondary N) is 1. The van der Waals surface area contributed by atoms with E-state index in [9.17, 15) is 18.0 Å².